The molecule has 2 heterocycles. The molecule has 22 heavy (non-hydrogen) atoms. The van der Waals surface area contributed by atoms with Crippen LogP contribution in [0.4, 0.5) is 0 Å². The van der Waals surface area contributed by atoms with Crippen LogP contribution >= 0.6 is 0 Å². The van der Waals surface area contributed by atoms with Crippen LogP contribution in [0.5, 0.6) is 0 Å². The second-order valence-electron chi connectivity index (χ2n) is 6.51. The molecule has 0 aromatic carbocycles. The Morgan fingerprint density at radius 3 is 2.64 bits per heavy atom. The van der Waals surface area contributed by atoms with Crippen molar-refractivity contribution in [3.63, 3.8) is 0 Å². The first kappa shape index (κ1) is 17.2. The number of hydrogen-bond donors (Lipinski definition) is 0. The van der Waals surface area contributed by atoms with Crippen LogP contribution in [0.3, 0.4) is 0 Å². The van der Waals surface area contributed by atoms with Gasteiger partial charge < -0.3 is 9.80 Å². The molecule has 2 fully saturated rings. The summed E-state index contributed by atoms with van der Waals surface area (Å²) in [7, 11) is 0.0170. The van der Waals surface area contributed by atoms with Crippen LogP contribution in [0.25, 0.3) is 0 Å². The van der Waals surface area contributed by atoms with E-state index in [0.717, 1.165) is 25.6 Å². The highest BCUT2D eigenvalue weighted by Crippen LogP contribution is 2.39. The second-order valence-corrected chi connectivity index (χ2v) is 8.60. The SMILES string of the molecule is CN1CCC[C@@]2(CCN(C(=O)CCN(C)S(C)(=O)=O)C2)C1=O. The Kier molecular flexibility index (Phi) is 4.81. The van der Waals surface area contributed by atoms with Gasteiger partial charge in [-0.3, -0.25) is 9.59 Å². The lowest BCUT2D eigenvalue weighted by Gasteiger charge is -2.37. The Morgan fingerprint density at radius 1 is 1.32 bits per heavy atom. The number of rotatable bonds is 4. The van der Waals surface area contributed by atoms with Gasteiger partial charge in [-0.2, -0.15) is 0 Å². The van der Waals surface area contributed by atoms with Gasteiger partial charge in [-0.15, -0.1) is 0 Å². The van der Waals surface area contributed by atoms with E-state index in [2.05, 4.69) is 0 Å². The number of carbonyl (C=O) groups is 2. The fourth-order valence-corrected chi connectivity index (χ4v) is 3.73. The van der Waals surface area contributed by atoms with Gasteiger partial charge in [0.25, 0.3) is 0 Å². The summed E-state index contributed by atoms with van der Waals surface area (Å²) in [5, 5.41) is 0. The second kappa shape index (κ2) is 6.16. The van der Waals surface area contributed by atoms with Crippen molar-refractivity contribution in [2.24, 2.45) is 5.41 Å². The quantitative estimate of drug-likeness (QED) is 0.711. The van der Waals surface area contributed by atoms with Gasteiger partial charge in [-0.1, -0.05) is 0 Å². The van der Waals surface area contributed by atoms with E-state index < -0.39 is 15.4 Å². The zero-order valence-electron chi connectivity index (χ0n) is 13.5. The first-order valence-corrected chi connectivity index (χ1v) is 9.45. The summed E-state index contributed by atoms with van der Waals surface area (Å²) < 4.78 is 23.9. The van der Waals surface area contributed by atoms with E-state index in [1.807, 2.05) is 7.05 Å². The lowest BCUT2D eigenvalue weighted by molar-refractivity contribution is -0.144. The molecule has 2 amide bonds. The molecule has 1 atom stereocenters. The number of nitrogens with zero attached hydrogens (tertiary/aromatic N) is 3. The molecule has 126 valence electrons. The topological polar surface area (TPSA) is 78.0 Å². The van der Waals surface area contributed by atoms with Crippen molar-refractivity contribution in [3.05, 3.63) is 0 Å². The van der Waals surface area contributed by atoms with Gasteiger partial charge in [0.15, 0.2) is 0 Å². The maximum absolute atomic E-state index is 12.4. The lowest BCUT2D eigenvalue weighted by Crippen LogP contribution is -2.48. The van der Waals surface area contributed by atoms with E-state index in [0.29, 0.717) is 19.5 Å². The van der Waals surface area contributed by atoms with Crippen LogP contribution < -0.4 is 0 Å². The summed E-state index contributed by atoms with van der Waals surface area (Å²) in [6, 6.07) is 0. The van der Waals surface area contributed by atoms with Crippen molar-refractivity contribution in [2.45, 2.75) is 25.7 Å². The molecule has 2 aliphatic rings. The van der Waals surface area contributed by atoms with E-state index in [1.54, 1.807) is 9.80 Å². The average molecular weight is 331 g/mol. The average Bonchev–Trinajstić information content (AvgIpc) is 2.86. The Bertz CT molecular complexity index is 562. The third kappa shape index (κ3) is 3.43. The lowest BCUT2D eigenvalue weighted by atomic mass is 9.78. The molecule has 7 nitrogen and oxygen atoms in total. The largest absolute Gasteiger partial charge is 0.345 e. The van der Waals surface area contributed by atoms with Gasteiger partial charge in [-0.05, 0) is 19.3 Å². The minimum absolute atomic E-state index is 0.0756. The Labute approximate surface area is 132 Å². The predicted molar refractivity (Wildman–Crippen MR) is 82.6 cm³/mol. The van der Waals surface area contributed by atoms with Gasteiger partial charge in [0, 0.05) is 46.7 Å². The molecule has 8 heteroatoms. The van der Waals surface area contributed by atoms with Gasteiger partial charge in [0.2, 0.25) is 21.8 Å². The molecule has 0 saturated carbocycles. The summed E-state index contributed by atoms with van der Waals surface area (Å²) in [6.07, 6.45) is 3.80. The monoisotopic (exact) mass is 331 g/mol. The number of hydrogen-bond acceptors (Lipinski definition) is 4. The van der Waals surface area contributed by atoms with Gasteiger partial charge in [0.1, 0.15) is 0 Å². The van der Waals surface area contributed by atoms with E-state index in [1.165, 1.54) is 11.4 Å². The maximum Gasteiger partial charge on any atom is 0.230 e. The van der Waals surface area contributed by atoms with Crippen LogP contribution in [0.2, 0.25) is 0 Å². The van der Waals surface area contributed by atoms with E-state index >= 15 is 0 Å². The first-order valence-electron chi connectivity index (χ1n) is 7.60. The highest BCUT2D eigenvalue weighted by atomic mass is 32.2. The van der Waals surface area contributed by atoms with Gasteiger partial charge >= 0.3 is 0 Å². The molecule has 0 bridgehead atoms. The summed E-state index contributed by atoms with van der Waals surface area (Å²) in [6.45, 7) is 2.02. The number of likely N-dealkylation sites (tertiary alicyclic amines) is 2. The minimum Gasteiger partial charge on any atom is -0.345 e. The number of carbonyl (C=O) groups excluding carboxylic acids is 2. The Balaban J connectivity index is 1.93. The van der Waals surface area contributed by atoms with Crippen LogP contribution in [0.15, 0.2) is 0 Å². The van der Waals surface area contributed by atoms with Crippen molar-refractivity contribution in [1.82, 2.24) is 14.1 Å². The molecular formula is C14H25N3O4S. The molecule has 0 N–H and O–H groups in total. The third-order valence-corrected chi connectivity index (χ3v) is 6.18. The Hall–Kier alpha value is -1.15. The number of sulfonamides is 1. The maximum atomic E-state index is 12.4. The Morgan fingerprint density at radius 2 is 2.00 bits per heavy atom. The van der Waals surface area contributed by atoms with Crippen LogP contribution in [-0.2, 0) is 19.6 Å². The van der Waals surface area contributed by atoms with E-state index in [-0.39, 0.29) is 24.8 Å². The molecular weight excluding hydrogens is 306 g/mol. The molecule has 0 aliphatic carbocycles. The van der Waals surface area contributed by atoms with Crippen LogP contribution in [0.1, 0.15) is 25.7 Å². The number of piperidine rings is 1. The van der Waals surface area contributed by atoms with Crippen LogP contribution in [0, 0.1) is 5.41 Å². The van der Waals surface area contributed by atoms with E-state index in [9.17, 15) is 18.0 Å². The van der Waals surface area contributed by atoms with E-state index in [4.69, 9.17) is 0 Å². The molecule has 0 aromatic rings. The molecule has 0 unspecified atom stereocenters. The summed E-state index contributed by atoms with van der Waals surface area (Å²) in [5.74, 6) is 0.0655. The molecule has 0 radical (unpaired) electrons. The molecule has 0 aromatic heterocycles. The third-order valence-electron chi connectivity index (χ3n) is 4.86. The molecule has 2 aliphatic heterocycles. The highest BCUT2D eigenvalue weighted by Gasteiger charge is 2.48. The first-order chi connectivity index (χ1) is 10.2. The number of amides is 2. The summed E-state index contributed by atoms with van der Waals surface area (Å²) >= 11 is 0. The van der Waals surface area contributed by atoms with Crippen LogP contribution in [-0.4, -0.2) is 80.9 Å². The van der Waals surface area contributed by atoms with Crippen molar-refractivity contribution in [1.29, 1.82) is 0 Å². The zero-order chi connectivity index (χ0) is 16.5. The molecule has 2 rings (SSSR count). The minimum atomic E-state index is -3.26. The predicted octanol–water partition coefficient (Wildman–Crippen LogP) is -0.261. The molecule has 1 spiro atoms. The van der Waals surface area contributed by atoms with Gasteiger partial charge in [-0.25, -0.2) is 12.7 Å². The fourth-order valence-electron chi connectivity index (χ4n) is 3.31. The fraction of sp³-hybridized carbons (Fsp3) is 0.857. The van der Waals surface area contributed by atoms with Crippen molar-refractivity contribution >= 4 is 21.8 Å². The molecule has 2 saturated heterocycles. The standard InChI is InChI=1S/C14H25N3O4S/c1-15-8-4-6-14(13(15)19)7-10-17(11-14)12(18)5-9-16(2)22(3,20)21/h4-11H2,1-3H3/t14-/m0/s1. The summed E-state index contributed by atoms with van der Waals surface area (Å²) in [4.78, 5) is 28.2. The van der Waals surface area contributed by atoms with Crippen molar-refractivity contribution in [3.8, 4) is 0 Å². The highest BCUT2D eigenvalue weighted by molar-refractivity contribution is 7.88. The van der Waals surface area contributed by atoms with Crippen molar-refractivity contribution < 1.29 is 18.0 Å². The van der Waals surface area contributed by atoms with Crippen molar-refractivity contribution in [2.75, 3.05) is 46.5 Å². The smallest absolute Gasteiger partial charge is 0.230 e. The van der Waals surface area contributed by atoms with Gasteiger partial charge in [0.05, 0.1) is 11.7 Å². The summed E-state index contributed by atoms with van der Waals surface area (Å²) in [5.41, 5.74) is -0.411. The normalized spacial score (nSPS) is 26.3. The zero-order valence-corrected chi connectivity index (χ0v) is 14.4.